The number of anilines is 1. The van der Waals surface area contributed by atoms with E-state index in [1.54, 1.807) is 32.9 Å². The summed E-state index contributed by atoms with van der Waals surface area (Å²) in [6, 6.07) is 2.63. The Labute approximate surface area is 150 Å². The molecule has 136 valence electrons. The Kier molecular flexibility index (Phi) is 5.84. The number of nitrogens with one attached hydrogen (secondary N) is 2. The standard InChI is InChI=1S/C17H23N3O4S/c1-10-11(2)25-15(18-10)20-14(21)13(9-12-7-6-8-23-12)19-16(22)24-17(3,4)5/h6-8,13H,9H2,1-5H3,(H,19,22)(H,18,20,21). The van der Waals surface area contributed by atoms with Gasteiger partial charge in [0.2, 0.25) is 5.91 Å². The van der Waals surface area contributed by atoms with Crippen LogP contribution >= 0.6 is 11.3 Å². The Bertz CT molecular complexity index is 712. The Hall–Kier alpha value is -2.35. The van der Waals surface area contributed by atoms with Crippen molar-refractivity contribution in [2.45, 2.75) is 52.7 Å². The van der Waals surface area contributed by atoms with Gasteiger partial charge in [-0.3, -0.25) is 4.79 Å². The smallest absolute Gasteiger partial charge is 0.408 e. The minimum absolute atomic E-state index is 0.210. The highest BCUT2D eigenvalue weighted by molar-refractivity contribution is 7.15. The second-order valence-electron chi connectivity index (χ2n) is 6.63. The largest absolute Gasteiger partial charge is 0.469 e. The molecule has 2 heterocycles. The summed E-state index contributed by atoms with van der Waals surface area (Å²) in [5.41, 5.74) is 0.210. The molecule has 0 fully saturated rings. The number of rotatable bonds is 5. The number of nitrogens with zero attached hydrogens (tertiary/aromatic N) is 1. The van der Waals surface area contributed by atoms with Crippen LogP contribution < -0.4 is 10.6 Å². The number of carbonyl (C=O) groups is 2. The molecular weight excluding hydrogens is 342 g/mol. The van der Waals surface area contributed by atoms with Crippen LogP contribution in [0.15, 0.2) is 22.8 Å². The van der Waals surface area contributed by atoms with Crippen molar-refractivity contribution in [2.75, 3.05) is 5.32 Å². The SMILES string of the molecule is Cc1nc(NC(=O)C(Cc2ccco2)NC(=O)OC(C)(C)C)sc1C. The minimum Gasteiger partial charge on any atom is -0.469 e. The topological polar surface area (TPSA) is 93.5 Å². The number of amides is 2. The van der Waals surface area contributed by atoms with Crippen molar-refractivity contribution in [3.05, 3.63) is 34.7 Å². The van der Waals surface area contributed by atoms with Crippen LogP contribution in [0.3, 0.4) is 0 Å². The quantitative estimate of drug-likeness (QED) is 0.847. The average Bonchev–Trinajstić information content (AvgIpc) is 3.07. The molecule has 0 aromatic carbocycles. The number of alkyl carbamates (subject to hydrolysis) is 1. The molecule has 7 nitrogen and oxygen atoms in total. The molecule has 8 heteroatoms. The fraction of sp³-hybridized carbons (Fsp3) is 0.471. The molecule has 2 amide bonds. The van der Waals surface area contributed by atoms with E-state index in [0.717, 1.165) is 10.6 Å². The van der Waals surface area contributed by atoms with Gasteiger partial charge in [-0.1, -0.05) is 0 Å². The Balaban J connectivity index is 2.09. The first-order chi connectivity index (χ1) is 11.6. The third-order valence-corrected chi connectivity index (χ3v) is 4.24. The molecule has 2 aromatic rings. The van der Waals surface area contributed by atoms with Crippen molar-refractivity contribution in [3.8, 4) is 0 Å². The lowest BCUT2D eigenvalue weighted by atomic mass is 10.1. The summed E-state index contributed by atoms with van der Waals surface area (Å²) in [5, 5.41) is 5.83. The van der Waals surface area contributed by atoms with Crippen molar-refractivity contribution >= 4 is 28.5 Å². The maximum Gasteiger partial charge on any atom is 0.408 e. The van der Waals surface area contributed by atoms with Gasteiger partial charge in [-0.25, -0.2) is 9.78 Å². The molecule has 0 bridgehead atoms. The first kappa shape index (κ1) is 19.0. The molecule has 0 radical (unpaired) electrons. The van der Waals surface area contributed by atoms with Gasteiger partial charge in [0.1, 0.15) is 17.4 Å². The van der Waals surface area contributed by atoms with E-state index in [2.05, 4.69) is 15.6 Å². The first-order valence-electron chi connectivity index (χ1n) is 7.91. The summed E-state index contributed by atoms with van der Waals surface area (Å²) in [5.74, 6) is 0.207. The highest BCUT2D eigenvalue weighted by atomic mass is 32.1. The van der Waals surface area contributed by atoms with Crippen molar-refractivity contribution in [1.29, 1.82) is 0 Å². The summed E-state index contributed by atoms with van der Waals surface area (Å²) in [6.45, 7) is 9.09. The average molecular weight is 365 g/mol. The Morgan fingerprint density at radius 1 is 1.36 bits per heavy atom. The van der Waals surface area contributed by atoms with Crippen molar-refractivity contribution < 1.29 is 18.7 Å². The van der Waals surface area contributed by atoms with Gasteiger partial charge in [0.05, 0.1) is 12.0 Å². The molecule has 1 atom stereocenters. The molecule has 2 rings (SSSR count). The minimum atomic E-state index is -0.842. The second kappa shape index (κ2) is 7.69. The van der Waals surface area contributed by atoms with Gasteiger partial charge in [0, 0.05) is 11.3 Å². The fourth-order valence-corrected chi connectivity index (χ4v) is 2.83. The number of hydrogen-bond donors (Lipinski definition) is 2. The summed E-state index contributed by atoms with van der Waals surface area (Å²) in [7, 11) is 0. The van der Waals surface area contributed by atoms with E-state index in [4.69, 9.17) is 9.15 Å². The second-order valence-corrected chi connectivity index (χ2v) is 7.84. The van der Waals surface area contributed by atoms with Crippen molar-refractivity contribution in [2.24, 2.45) is 0 Å². The third kappa shape index (κ3) is 5.90. The van der Waals surface area contributed by atoms with Crippen LogP contribution in [-0.4, -0.2) is 28.6 Å². The summed E-state index contributed by atoms with van der Waals surface area (Å²) >= 11 is 1.39. The molecule has 2 N–H and O–H groups in total. The van der Waals surface area contributed by atoms with Crippen molar-refractivity contribution in [1.82, 2.24) is 10.3 Å². The molecule has 0 aliphatic rings. The van der Waals surface area contributed by atoms with Crippen LogP contribution in [0.5, 0.6) is 0 Å². The lowest BCUT2D eigenvalue weighted by Gasteiger charge is -2.22. The number of carbonyl (C=O) groups excluding carboxylic acids is 2. The van der Waals surface area contributed by atoms with Gasteiger partial charge in [0.25, 0.3) is 0 Å². The zero-order valence-electron chi connectivity index (χ0n) is 15.0. The van der Waals surface area contributed by atoms with E-state index in [9.17, 15) is 9.59 Å². The van der Waals surface area contributed by atoms with E-state index in [0.29, 0.717) is 10.9 Å². The molecular formula is C17H23N3O4S. The third-order valence-electron chi connectivity index (χ3n) is 3.25. The molecule has 0 aliphatic heterocycles. The predicted octanol–water partition coefficient (Wildman–Crippen LogP) is 3.43. The van der Waals surface area contributed by atoms with Crippen LogP contribution in [0, 0.1) is 13.8 Å². The highest BCUT2D eigenvalue weighted by Crippen LogP contribution is 2.21. The van der Waals surface area contributed by atoms with Crippen LogP contribution in [-0.2, 0) is 16.0 Å². The molecule has 0 aliphatic carbocycles. The first-order valence-corrected chi connectivity index (χ1v) is 8.72. The van der Waals surface area contributed by atoms with Crippen LogP contribution in [0.2, 0.25) is 0 Å². The number of furan rings is 1. The number of hydrogen-bond acceptors (Lipinski definition) is 6. The molecule has 0 saturated carbocycles. The normalized spacial score (nSPS) is 12.5. The number of thiazole rings is 1. The molecule has 0 spiro atoms. The van der Waals surface area contributed by atoms with Crippen LogP contribution in [0.4, 0.5) is 9.93 Å². The van der Waals surface area contributed by atoms with Crippen molar-refractivity contribution in [3.63, 3.8) is 0 Å². The highest BCUT2D eigenvalue weighted by Gasteiger charge is 2.26. The summed E-state index contributed by atoms with van der Waals surface area (Å²) in [6.07, 6.45) is 1.07. The molecule has 2 aromatic heterocycles. The number of aryl methyl sites for hydroxylation is 2. The van der Waals surface area contributed by atoms with Gasteiger partial charge < -0.3 is 19.8 Å². The predicted molar refractivity (Wildman–Crippen MR) is 95.8 cm³/mol. The Morgan fingerprint density at radius 3 is 2.60 bits per heavy atom. The van der Waals surface area contributed by atoms with E-state index in [-0.39, 0.29) is 12.3 Å². The summed E-state index contributed by atoms with van der Waals surface area (Å²) in [4.78, 5) is 30.0. The molecule has 0 saturated heterocycles. The van der Waals surface area contributed by atoms with Crippen LogP contribution in [0.25, 0.3) is 0 Å². The van der Waals surface area contributed by atoms with Gasteiger partial charge >= 0.3 is 6.09 Å². The van der Waals surface area contributed by atoms with Gasteiger partial charge in [-0.2, -0.15) is 0 Å². The lowest BCUT2D eigenvalue weighted by molar-refractivity contribution is -0.118. The van der Waals surface area contributed by atoms with E-state index in [1.165, 1.54) is 17.6 Å². The zero-order chi connectivity index (χ0) is 18.6. The van der Waals surface area contributed by atoms with E-state index >= 15 is 0 Å². The monoisotopic (exact) mass is 365 g/mol. The number of aromatic nitrogens is 1. The van der Waals surface area contributed by atoms with Crippen LogP contribution in [0.1, 0.15) is 37.1 Å². The van der Waals surface area contributed by atoms with Gasteiger partial charge in [-0.05, 0) is 46.8 Å². The van der Waals surface area contributed by atoms with Gasteiger partial charge in [0.15, 0.2) is 5.13 Å². The summed E-state index contributed by atoms with van der Waals surface area (Å²) < 4.78 is 10.5. The molecule has 1 unspecified atom stereocenters. The fourth-order valence-electron chi connectivity index (χ4n) is 2.01. The maximum absolute atomic E-state index is 12.6. The zero-order valence-corrected chi connectivity index (χ0v) is 15.8. The van der Waals surface area contributed by atoms with E-state index < -0.39 is 17.7 Å². The number of ether oxygens (including phenoxy) is 1. The lowest BCUT2D eigenvalue weighted by Crippen LogP contribution is -2.47. The van der Waals surface area contributed by atoms with E-state index in [1.807, 2.05) is 13.8 Å². The van der Waals surface area contributed by atoms with Gasteiger partial charge in [-0.15, -0.1) is 11.3 Å². The maximum atomic E-state index is 12.6. The molecule has 25 heavy (non-hydrogen) atoms. The Morgan fingerprint density at radius 2 is 2.08 bits per heavy atom.